The normalized spacial score (nSPS) is 14.5. The van der Waals surface area contributed by atoms with Crippen LogP contribution >= 0.6 is 0 Å². The summed E-state index contributed by atoms with van der Waals surface area (Å²) < 4.78 is 10.9. The average Bonchev–Trinajstić information content (AvgIpc) is 2.39. The van der Waals surface area contributed by atoms with Gasteiger partial charge in [-0.2, -0.15) is 0 Å². The molecule has 1 saturated heterocycles. The van der Waals surface area contributed by atoms with Crippen molar-refractivity contribution in [1.29, 1.82) is 0 Å². The van der Waals surface area contributed by atoms with Gasteiger partial charge < -0.3 is 14.4 Å². The van der Waals surface area contributed by atoms with E-state index in [1.165, 1.54) is 11.1 Å². The Bertz CT molecular complexity index is 509. The van der Waals surface area contributed by atoms with Crippen molar-refractivity contribution in [3.8, 4) is 0 Å². The first kappa shape index (κ1) is 16.6. The standard InChI is InChI=1S/C18H25NO3/c1-18(2,3)22-17(20)19-12-16(13-19)10-7-11-21-14-15-8-5-4-6-9-15/h4-6,8-10H,7,11-14H2,1-3H3. The third kappa shape index (κ3) is 5.53. The van der Waals surface area contributed by atoms with Crippen LogP contribution < -0.4 is 0 Å². The van der Waals surface area contributed by atoms with Crippen molar-refractivity contribution in [2.24, 2.45) is 0 Å². The first-order valence-corrected chi connectivity index (χ1v) is 7.71. The van der Waals surface area contributed by atoms with Gasteiger partial charge in [0.1, 0.15) is 5.60 Å². The summed E-state index contributed by atoms with van der Waals surface area (Å²) in [5.41, 5.74) is 2.03. The lowest BCUT2D eigenvalue weighted by molar-refractivity contribution is 0.0213. The molecular weight excluding hydrogens is 278 g/mol. The van der Waals surface area contributed by atoms with Crippen molar-refractivity contribution in [2.75, 3.05) is 19.7 Å². The molecule has 0 bridgehead atoms. The molecule has 1 amide bonds. The quantitative estimate of drug-likeness (QED) is 0.614. The first-order chi connectivity index (χ1) is 10.4. The minimum absolute atomic E-state index is 0.232. The van der Waals surface area contributed by atoms with E-state index in [0.29, 0.717) is 26.3 Å². The van der Waals surface area contributed by atoms with Crippen molar-refractivity contribution in [3.63, 3.8) is 0 Å². The van der Waals surface area contributed by atoms with Gasteiger partial charge in [-0.15, -0.1) is 0 Å². The van der Waals surface area contributed by atoms with Gasteiger partial charge in [0.05, 0.1) is 13.2 Å². The Morgan fingerprint density at radius 3 is 2.55 bits per heavy atom. The van der Waals surface area contributed by atoms with E-state index in [0.717, 1.165) is 6.42 Å². The van der Waals surface area contributed by atoms with Crippen LogP contribution in [0.3, 0.4) is 0 Å². The van der Waals surface area contributed by atoms with Crippen LogP contribution in [-0.4, -0.2) is 36.3 Å². The number of nitrogens with zero attached hydrogens (tertiary/aromatic N) is 1. The Morgan fingerprint density at radius 2 is 1.91 bits per heavy atom. The first-order valence-electron chi connectivity index (χ1n) is 7.71. The molecule has 120 valence electrons. The fraction of sp³-hybridized carbons (Fsp3) is 0.500. The van der Waals surface area contributed by atoms with E-state index in [4.69, 9.17) is 9.47 Å². The second kappa shape index (κ2) is 7.45. The van der Waals surface area contributed by atoms with E-state index in [-0.39, 0.29) is 6.09 Å². The van der Waals surface area contributed by atoms with Gasteiger partial charge in [0.25, 0.3) is 0 Å². The van der Waals surface area contributed by atoms with E-state index >= 15 is 0 Å². The number of hydrogen-bond donors (Lipinski definition) is 0. The summed E-state index contributed by atoms with van der Waals surface area (Å²) in [4.78, 5) is 13.5. The predicted molar refractivity (Wildman–Crippen MR) is 86.6 cm³/mol. The summed E-state index contributed by atoms with van der Waals surface area (Å²) in [6, 6.07) is 10.1. The fourth-order valence-electron chi connectivity index (χ4n) is 2.14. The molecule has 22 heavy (non-hydrogen) atoms. The highest BCUT2D eigenvalue weighted by Crippen LogP contribution is 2.19. The number of carbonyl (C=O) groups is 1. The number of likely N-dealkylation sites (tertiary alicyclic amines) is 1. The molecule has 0 radical (unpaired) electrons. The van der Waals surface area contributed by atoms with Crippen LogP contribution in [0.2, 0.25) is 0 Å². The molecule has 0 atom stereocenters. The molecule has 0 N–H and O–H groups in total. The molecule has 1 aliphatic heterocycles. The summed E-state index contributed by atoms with van der Waals surface area (Å²) >= 11 is 0. The topological polar surface area (TPSA) is 38.8 Å². The maximum atomic E-state index is 11.8. The minimum atomic E-state index is -0.429. The lowest BCUT2D eigenvalue weighted by atomic mass is 10.1. The maximum absolute atomic E-state index is 11.8. The Balaban J connectivity index is 1.59. The van der Waals surface area contributed by atoms with Crippen LogP contribution in [0, 0.1) is 0 Å². The molecule has 1 heterocycles. The third-order valence-electron chi connectivity index (χ3n) is 3.25. The molecule has 0 aromatic heterocycles. The molecule has 0 saturated carbocycles. The van der Waals surface area contributed by atoms with Gasteiger partial charge in [-0.3, -0.25) is 0 Å². The SMILES string of the molecule is CC(C)(C)OC(=O)N1CC(=CCCOCc2ccccc2)C1. The zero-order valence-corrected chi connectivity index (χ0v) is 13.7. The highest BCUT2D eigenvalue weighted by atomic mass is 16.6. The van der Waals surface area contributed by atoms with E-state index in [1.54, 1.807) is 4.90 Å². The highest BCUT2D eigenvalue weighted by molar-refractivity contribution is 5.70. The van der Waals surface area contributed by atoms with Crippen LogP contribution in [0.5, 0.6) is 0 Å². The molecule has 0 unspecified atom stereocenters. The lowest BCUT2D eigenvalue weighted by Gasteiger charge is -2.35. The van der Waals surface area contributed by atoms with E-state index < -0.39 is 5.60 Å². The van der Waals surface area contributed by atoms with E-state index in [9.17, 15) is 4.79 Å². The molecule has 1 aromatic rings. The van der Waals surface area contributed by atoms with Gasteiger partial charge in [-0.1, -0.05) is 36.4 Å². The third-order valence-corrected chi connectivity index (χ3v) is 3.25. The number of rotatable bonds is 5. The molecule has 4 nitrogen and oxygen atoms in total. The van der Waals surface area contributed by atoms with Crippen LogP contribution in [-0.2, 0) is 16.1 Å². The number of benzene rings is 1. The number of carbonyl (C=O) groups excluding carboxylic acids is 1. The van der Waals surface area contributed by atoms with Crippen LogP contribution in [0.4, 0.5) is 4.79 Å². The number of hydrogen-bond acceptors (Lipinski definition) is 3. The number of amides is 1. The van der Waals surface area contributed by atoms with Gasteiger partial charge in [-0.05, 0) is 38.3 Å². The van der Waals surface area contributed by atoms with Gasteiger partial charge in [0, 0.05) is 13.1 Å². The lowest BCUT2D eigenvalue weighted by Crippen LogP contribution is -2.46. The Morgan fingerprint density at radius 1 is 1.23 bits per heavy atom. The second-order valence-corrected chi connectivity index (χ2v) is 6.53. The highest BCUT2D eigenvalue weighted by Gasteiger charge is 2.29. The molecule has 1 aromatic carbocycles. The summed E-state index contributed by atoms with van der Waals surface area (Å²) in [5.74, 6) is 0. The van der Waals surface area contributed by atoms with Crippen molar-refractivity contribution in [3.05, 3.63) is 47.5 Å². The van der Waals surface area contributed by atoms with E-state index in [1.807, 2.05) is 39.0 Å². The van der Waals surface area contributed by atoms with Crippen molar-refractivity contribution in [1.82, 2.24) is 4.90 Å². The van der Waals surface area contributed by atoms with Gasteiger partial charge in [-0.25, -0.2) is 4.79 Å². The zero-order chi connectivity index (χ0) is 16.0. The van der Waals surface area contributed by atoms with E-state index in [2.05, 4.69) is 18.2 Å². The molecular formula is C18H25NO3. The fourth-order valence-corrected chi connectivity index (χ4v) is 2.14. The van der Waals surface area contributed by atoms with Crippen molar-refractivity contribution in [2.45, 2.75) is 39.4 Å². The Hall–Kier alpha value is -1.81. The molecule has 4 heteroatoms. The van der Waals surface area contributed by atoms with Gasteiger partial charge in [0.15, 0.2) is 0 Å². The largest absolute Gasteiger partial charge is 0.444 e. The summed E-state index contributed by atoms with van der Waals surface area (Å²) in [7, 11) is 0. The average molecular weight is 303 g/mol. The van der Waals surface area contributed by atoms with Crippen LogP contribution in [0.25, 0.3) is 0 Å². The Kier molecular flexibility index (Phi) is 5.61. The molecule has 1 fully saturated rings. The smallest absolute Gasteiger partial charge is 0.410 e. The zero-order valence-electron chi connectivity index (χ0n) is 13.7. The molecule has 1 aliphatic rings. The van der Waals surface area contributed by atoms with Gasteiger partial charge in [0.2, 0.25) is 0 Å². The molecule has 2 rings (SSSR count). The Labute approximate surface area is 132 Å². The van der Waals surface area contributed by atoms with Crippen molar-refractivity contribution < 1.29 is 14.3 Å². The predicted octanol–water partition coefficient (Wildman–Crippen LogP) is 3.77. The summed E-state index contributed by atoms with van der Waals surface area (Å²) in [6.07, 6.45) is 2.81. The van der Waals surface area contributed by atoms with Gasteiger partial charge >= 0.3 is 6.09 Å². The maximum Gasteiger partial charge on any atom is 0.410 e. The monoisotopic (exact) mass is 303 g/mol. The summed E-state index contributed by atoms with van der Waals surface area (Å²) in [5, 5.41) is 0. The minimum Gasteiger partial charge on any atom is -0.444 e. The molecule has 0 spiro atoms. The summed E-state index contributed by atoms with van der Waals surface area (Å²) in [6.45, 7) is 8.34. The van der Waals surface area contributed by atoms with Crippen LogP contribution in [0.15, 0.2) is 42.0 Å². The van der Waals surface area contributed by atoms with Crippen LogP contribution in [0.1, 0.15) is 32.8 Å². The number of ether oxygens (including phenoxy) is 2. The van der Waals surface area contributed by atoms with Crippen molar-refractivity contribution >= 4 is 6.09 Å². The second-order valence-electron chi connectivity index (χ2n) is 6.53. The molecule has 0 aliphatic carbocycles.